The van der Waals surface area contributed by atoms with E-state index in [4.69, 9.17) is 4.74 Å². The summed E-state index contributed by atoms with van der Waals surface area (Å²) in [7, 11) is 0. The summed E-state index contributed by atoms with van der Waals surface area (Å²) in [4.78, 5) is 27.7. The van der Waals surface area contributed by atoms with Gasteiger partial charge in [-0.25, -0.2) is 0 Å². The van der Waals surface area contributed by atoms with Crippen molar-refractivity contribution in [3.05, 3.63) is 82.8 Å². The first-order chi connectivity index (χ1) is 13.7. The highest BCUT2D eigenvalue weighted by Gasteiger charge is 2.23. The maximum atomic E-state index is 13.1. The summed E-state index contributed by atoms with van der Waals surface area (Å²) in [5.74, 6) is -0.0725. The number of benzene rings is 2. The molecule has 2 aromatic carbocycles. The van der Waals surface area contributed by atoms with Gasteiger partial charge in [-0.1, -0.05) is 48.5 Å². The Morgan fingerprint density at radius 1 is 1.07 bits per heavy atom. The highest BCUT2D eigenvalue weighted by molar-refractivity contribution is 5.82. The molecule has 1 aliphatic rings. The van der Waals surface area contributed by atoms with Crippen LogP contribution < -0.4 is 5.56 Å². The second-order valence-electron chi connectivity index (χ2n) is 7.23. The first-order valence-electron chi connectivity index (χ1n) is 9.72. The zero-order chi connectivity index (χ0) is 19.3. The van der Waals surface area contributed by atoms with Crippen LogP contribution in [0.1, 0.15) is 18.4 Å². The van der Waals surface area contributed by atoms with Crippen LogP contribution in [0.5, 0.6) is 0 Å². The van der Waals surface area contributed by atoms with Crippen molar-refractivity contribution >= 4 is 16.7 Å². The summed E-state index contributed by atoms with van der Waals surface area (Å²) < 4.78 is 7.24. The van der Waals surface area contributed by atoms with Crippen LogP contribution in [-0.4, -0.2) is 34.6 Å². The lowest BCUT2D eigenvalue weighted by atomic mass is 10.1. The van der Waals surface area contributed by atoms with Gasteiger partial charge in [0.2, 0.25) is 5.91 Å². The molecule has 0 N–H and O–H groups in total. The van der Waals surface area contributed by atoms with Crippen LogP contribution in [0, 0.1) is 0 Å². The molecule has 0 bridgehead atoms. The minimum Gasteiger partial charge on any atom is -0.376 e. The van der Waals surface area contributed by atoms with Crippen molar-refractivity contribution in [3.8, 4) is 0 Å². The number of hydrogen-bond acceptors (Lipinski definition) is 3. The molecule has 1 atom stereocenters. The lowest BCUT2D eigenvalue weighted by Crippen LogP contribution is -2.40. The predicted molar refractivity (Wildman–Crippen MR) is 109 cm³/mol. The molecule has 0 radical (unpaired) electrons. The highest BCUT2D eigenvalue weighted by Crippen LogP contribution is 2.16. The zero-order valence-corrected chi connectivity index (χ0v) is 15.8. The Kier molecular flexibility index (Phi) is 5.53. The van der Waals surface area contributed by atoms with E-state index in [1.165, 1.54) is 4.57 Å². The van der Waals surface area contributed by atoms with Gasteiger partial charge >= 0.3 is 0 Å². The summed E-state index contributed by atoms with van der Waals surface area (Å²) in [5.41, 5.74) is 0.933. The Morgan fingerprint density at radius 3 is 2.64 bits per heavy atom. The molecule has 28 heavy (non-hydrogen) atoms. The van der Waals surface area contributed by atoms with E-state index < -0.39 is 0 Å². The fourth-order valence-corrected chi connectivity index (χ4v) is 3.69. The van der Waals surface area contributed by atoms with Crippen LogP contribution in [0.25, 0.3) is 10.8 Å². The van der Waals surface area contributed by atoms with Gasteiger partial charge in [-0.05, 0) is 35.9 Å². The smallest absolute Gasteiger partial charge is 0.258 e. The molecule has 0 saturated carbocycles. The van der Waals surface area contributed by atoms with Crippen LogP contribution in [0.4, 0.5) is 0 Å². The van der Waals surface area contributed by atoms with E-state index >= 15 is 0 Å². The first-order valence-corrected chi connectivity index (χ1v) is 9.72. The number of ether oxygens (including phenoxy) is 1. The normalized spacial score (nSPS) is 16.4. The summed E-state index contributed by atoms with van der Waals surface area (Å²) >= 11 is 0. The Bertz CT molecular complexity index is 1010. The molecule has 1 amide bonds. The second kappa shape index (κ2) is 8.40. The standard InChI is InChI=1S/C23H24N2O3/c26-22(17-24-13-12-19-9-4-5-11-21(19)23(24)27)25(16-20-10-6-14-28-20)15-18-7-2-1-3-8-18/h1-5,7-9,11-13,20H,6,10,14-17H2. The molecule has 1 fully saturated rings. The first kappa shape index (κ1) is 18.4. The summed E-state index contributed by atoms with van der Waals surface area (Å²) in [5, 5.41) is 1.52. The summed E-state index contributed by atoms with van der Waals surface area (Å²) in [6.45, 7) is 1.85. The fourth-order valence-electron chi connectivity index (χ4n) is 3.69. The number of amides is 1. The third-order valence-electron chi connectivity index (χ3n) is 5.21. The van der Waals surface area contributed by atoms with E-state index in [0.29, 0.717) is 18.5 Å². The molecule has 5 heteroatoms. The molecule has 0 spiro atoms. The van der Waals surface area contributed by atoms with Crippen molar-refractivity contribution in [1.29, 1.82) is 0 Å². The summed E-state index contributed by atoms with van der Waals surface area (Å²) in [6, 6.07) is 19.3. The quantitative estimate of drug-likeness (QED) is 0.664. The zero-order valence-electron chi connectivity index (χ0n) is 15.8. The van der Waals surface area contributed by atoms with Crippen LogP contribution in [0.2, 0.25) is 0 Å². The van der Waals surface area contributed by atoms with Gasteiger partial charge in [-0.3, -0.25) is 9.59 Å². The van der Waals surface area contributed by atoms with Crippen molar-refractivity contribution < 1.29 is 9.53 Å². The molecule has 1 unspecified atom stereocenters. The van der Waals surface area contributed by atoms with Gasteiger partial charge in [0.1, 0.15) is 6.54 Å². The van der Waals surface area contributed by atoms with Gasteiger partial charge in [-0.2, -0.15) is 0 Å². The Labute approximate surface area is 164 Å². The third kappa shape index (κ3) is 4.15. The van der Waals surface area contributed by atoms with Gasteiger partial charge < -0.3 is 14.2 Å². The van der Waals surface area contributed by atoms with Crippen molar-refractivity contribution in [1.82, 2.24) is 9.47 Å². The lowest BCUT2D eigenvalue weighted by molar-refractivity contribution is -0.134. The minimum atomic E-state index is -0.136. The van der Waals surface area contributed by atoms with Crippen molar-refractivity contribution in [3.63, 3.8) is 0 Å². The molecular formula is C23H24N2O3. The fraction of sp³-hybridized carbons (Fsp3) is 0.304. The van der Waals surface area contributed by atoms with Crippen molar-refractivity contribution in [2.75, 3.05) is 13.2 Å². The average molecular weight is 376 g/mol. The number of pyridine rings is 1. The molecule has 1 saturated heterocycles. The van der Waals surface area contributed by atoms with Crippen LogP contribution in [0.15, 0.2) is 71.7 Å². The molecule has 3 aromatic rings. The number of carbonyl (C=O) groups is 1. The van der Waals surface area contributed by atoms with E-state index in [2.05, 4.69) is 0 Å². The molecule has 1 aliphatic heterocycles. The average Bonchev–Trinajstić information content (AvgIpc) is 3.24. The maximum absolute atomic E-state index is 13.1. The number of carbonyl (C=O) groups excluding carboxylic acids is 1. The van der Waals surface area contributed by atoms with Crippen LogP contribution >= 0.6 is 0 Å². The SMILES string of the molecule is O=C(Cn1ccc2ccccc2c1=O)N(Cc1ccccc1)CC1CCCO1. The predicted octanol–water partition coefficient (Wildman–Crippen LogP) is 3.21. The van der Waals surface area contributed by atoms with Gasteiger partial charge in [0.05, 0.1) is 6.10 Å². The minimum absolute atomic E-state index is 0.0310. The lowest BCUT2D eigenvalue weighted by Gasteiger charge is -2.26. The number of fused-ring (bicyclic) bond motifs is 1. The van der Waals surface area contributed by atoms with E-state index in [1.807, 2.05) is 59.5 Å². The highest BCUT2D eigenvalue weighted by atomic mass is 16.5. The van der Waals surface area contributed by atoms with E-state index in [9.17, 15) is 9.59 Å². The molecule has 0 aliphatic carbocycles. The Hall–Kier alpha value is -2.92. The maximum Gasteiger partial charge on any atom is 0.258 e. The van der Waals surface area contributed by atoms with E-state index in [0.717, 1.165) is 30.4 Å². The number of aromatic nitrogens is 1. The Balaban J connectivity index is 1.56. The molecule has 5 nitrogen and oxygen atoms in total. The topological polar surface area (TPSA) is 51.5 Å². The number of hydrogen-bond donors (Lipinski definition) is 0. The molecule has 2 heterocycles. The second-order valence-corrected chi connectivity index (χ2v) is 7.23. The molecule has 1 aromatic heterocycles. The molecule has 144 valence electrons. The Morgan fingerprint density at radius 2 is 1.86 bits per heavy atom. The monoisotopic (exact) mass is 376 g/mol. The van der Waals surface area contributed by atoms with Crippen molar-refractivity contribution in [2.24, 2.45) is 0 Å². The summed E-state index contributed by atoms with van der Waals surface area (Å²) in [6.07, 6.45) is 3.77. The van der Waals surface area contributed by atoms with E-state index in [1.54, 1.807) is 12.3 Å². The number of rotatable bonds is 6. The molecule has 4 rings (SSSR count). The third-order valence-corrected chi connectivity index (χ3v) is 5.21. The van der Waals surface area contributed by atoms with E-state index in [-0.39, 0.29) is 24.1 Å². The van der Waals surface area contributed by atoms with Gasteiger partial charge in [-0.15, -0.1) is 0 Å². The molecular weight excluding hydrogens is 352 g/mol. The van der Waals surface area contributed by atoms with Crippen LogP contribution in [-0.2, 0) is 22.6 Å². The van der Waals surface area contributed by atoms with Gasteiger partial charge in [0.25, 0.3) is 5.56 Å². The van der Waals surface area contributed by atoms with Crippen LogP contribution in [0.3, 0.4) is 0 Å². The van der Waals surface area contributed by atoms with Gasteiger partial charge in [0.15, 0.2) is 0 Å². The van der Waals surface area contributed by atoms with Gasteiger partial charge in [0, 0.05) is 31.3 Å². The largest absolute Gasteiger partial charge is 0.376 e. The van der Waals surface area contributed by atoms with Crippen molar-refractivity contribution in [2.45, 2.75) is 32.0 Å². The number of nitrogens with zero attached hydrogens (tertiary/aromatic N) is 2.